The number of hydrogen-bond donors (Lipinski definition) is 0. The molecule has 112 valence electrons. The van der Waals surface area contributed by atoms with Crippen LogP contribution in [0.1, 0.15) is 15.2 Å². The van der Waals surface area contributed by atoms with Gasteiger partial charge in [-0.3, -0.25) is 4.79 Å². The summed E-state index contributed by atoms with van der Waals surface area (Å²) in [6, 6.07) is 13.1. The van der Waals surface area contributed by atoms with Gasteiger partial charge in [-0.25, -0.2) is 0 Å². The number of halogens is 1. The number of rotatable bonds is 4. The van der Waals surface area contributed by atoms with Crippen LogP contribution in [0, 0.1) is 0 Å². The average molecular weight is 377 g/mol. The fourth-order valence-corrected chi connectivity index (χ4v) is 3.79. The van der Waals surface area contributed by atoms with E-state index in [0.717, 1.165) is 20.3 Å². The molecule has 5 heteroatoms. The summed E-state index contributed by atoms with van der Waals surface area (Å²) < 4.78 is 12.2. The van der Waals surface area contributed by atoms with Gasteiger partial charge in [0.2, 0.25) is 5.78 Å². The zero-order chi connectivity index (χ0) is 15.7. The Balaban J connectivity index is 1.99. The summed E-state index contributed by atoms with van der Waals surface area (Å²) >= 11 is 4.88. The summed E-state index contributed by atoms with van der Waals surface area (Å²) in [5.74, 6) is 1.50. The van der Waals surface area contributed by atoms with Gasteiger partial charge in [-0.1, -0.05) is 0 Å². The van der Waals surface area contributed by atoms with E-state index < -0.39 is 0 Å². The molecule has 0 atom stereocenters. The van der Waals surface area contributed by atoms with E-state index in [1.54, 1.807) is 32.4 Å². The van der Waals surface area contributed by atoms with Gasteiger partial charge in [0, 0.05) is 10.3 Å². The zero-order valence-electron chi connectivity index (χ0n) is 12.1. The molecule has 0 spiro atoms. The van der Waals surface area contributed by atoms with E-state index in [2.05, 4.69) is 15.9 Å². The molecule has 0 radical (unpaired) electrons. The number of fused-ring (bicyclic) bond motifs is 1. The summed E-state index contributed by atoms with van der Waals surface area (Å²) in [6.45, 7) is 0. The molecule has 3 rings (SSSR count). The number of hydrogen-bond acceptors (Lipinski definition) is 4. The fraction of sp³-hybridized carbons (Fsp3) is 0.118. The molecule has 1 aromatic heterocycles. The van der Waals surface area contributed by atoms with Crippen molar-refractivity contribution in [2.45, 2.75) is 0 Å². The van der Waals surface area contributed by atoms with Crippen LogP contribution in [0.25, 0.3) is 10.1 Å². The highest BCUT2D eigenvalue weighted by atomic mass is 79.9. The van der Waals surface area contributed by atoms with Gasteiger partial charge in [0.15, 0.2) is 0 Å². The van der Waals surface area contributed by atoms with E-state index in [1.807, 2.05) is 24.3 Å². The van der Waals surface area contributed by atoms with Crippen LogP contribution in [-0.2, 0) is 0 Å². The van der Waals surface area contributed by atoms with Gasteiger partial charge in [0.05, 0.1) is 23.6 Å². The molecule has 22 heavy (non-hydrogen) atoms. The Hall–Kier alpha value is -1.85. The molecule has 0 amide bonds. The first-order chi connectivity index (χ1) is 10.6. The first kappa shape index (κ1) is 15.1. The lowest BCUT2D eigenvalue weighted by Crippen LogP contribution is -1.98. The molecule has 0 aliphatic heterocycles. The summed E-state index contributed by atoms with van der Waals surface area (Å²) in [7, 11) is 3.23. The SMILES string of the molecule is COc1ccc2cc(C(=O)c3ccc(OC)c(Br)c3)sc2c1. The van der Waals surface area contributed by atoms with Gasteiger partial charge in [0.25, 0.3) is 0 Å². The lowest BCUT2D eigenvalue weighted by atomic mass is 10.1. The van der Waals surface area contributed by atoms with E-state index >= 15 is 0 Å². The van der Waals surface area contributed by atoms with Crippen molar-refractivity contribution in [3.8, 4) is 11.5 Å². The maximum atomic E-state index is 12.6. The van der Waals surface area contributed by atoms with Crippen LogP contribution in [0.5, 0.6) is 11.5 Å². The maximum Gasteiger partial charge on any atom is 0.203 e. The molecule has 0 N–H and O–H groups in total. The summed E-state index contributed by atoms with van der Waals surface area (Å²) in [4.78, 5) is 13.3. The van der Waals surface area contributed by atoms with Crippen LogP contribution in [0.3, 0.4) is 0 Å². The second-order valence-electron chi connectivity index (χ2n) is 4.69. The van der Waals surface area contributed by atoms with Crippen molar-refractivity contribution in [3.63, 3.8) is 0 Å². The second-order valence-corrected chi connectivity index (χ2v) is 6.63. The number of ether oxygens (including phenoxy) is 2. The molecule has 0 saturated heterocycles. The molecular weight excluding hydrogens is 364 g/mol. The molecule has 0 bridgehead atoms. The highest BCUT2D eigenvalue weighted by Gasteiger charge is 2.14. The topological polar surface area (TPSA) is 35.5 Å². The van der Waals surface area contributed by atoms with Gasteiger partial charge in [0.1, 0.15) is 11.5 Å². The molecule has 0 unspecified atom stereocenters. The minimum absolute atomic E-state index is 0.00326. The van der Waals surface area contributed by atoms with Crippen LogP contribution in [0.4, 0.5) is 0 Å². The molecule has 1 heterocycles. The van der Waals surface area contributed by atoms with E-state index in [0.29, 0.717) is 16.2 Å². The van der Waals surface area contributed by atoms with Crippen molar-refractivity contribution in [2.24, 2.45) is 0 Å². The van der Waals surface area contributed by atoms with Crippen molar-refractivity contribution in [3.05, 3.63) is 57.4 Å². The molecule has 3 aromatic rings. The number of carbonyl (C=O) groups excluding carboxylic acids is 1. The van der Waals surface area contributed by atoms with Crippen LogP contribution >= 0.6 is 27.3 Å². The standard InChI is InChI=1S/C17H13BrO3S/c1-20-12-5-3-10-8-16(22-15(10)9-12)17(19)11-4-6-14(21-2)13(18)7-11/h3-9H,1-2H3. The Morgan fingerprint density at radius 2 is 1.86 bits per heavy atom. The van der Waals surface area contributed by atoms with Crippen LogP contribution < -0.4 is 9.47 Å². The quantitative estimate of drug-likeness (QED) is 0.606. The molecule has 0 aliphatic rings. The third kappa shape index (κ3) is 2.74. The first-order valence-electron chi connectivity index (χ1n) is 6.58. The first-order valence-corrected chi connectivity index (χ1v) is 8.19. The Kier molecular flexibility index (Phi) is 4.18. The lowest BCUT2D eigenvalue weighted by Gasteiger charge is -2.04. The number of thiophene rings is 1. The minimum atomic E-state index is 0.00326. The Bertz CT molecular complexity index is 854. The highest BCUT2D eigenvalue weighted by Crippen LogP contribution is 2.32. The van der Waals surface area contributed by atoms with Crippen molar-refractivity contribution < 1.29 is 14.3 Å². The molecule has 0 saturated carbocycles. The van der Waals surface area contributed by atoms with Crippen LogP contribution in [0.15, 0.2) is 46.9 Å². The summed E-state index contributed by atoms with van der Waals surface area (Å²) in [5.41, 5.74) is 0.631. The Morgan fingerprint density at radius 1 is 1.05 bits per heavy atom. The van der Waals surface area contributed by atoms with Crippen molar-refractivity contribution >= 4 is 43.1 Å². The molecule has 3 nitrogen and oxygen atoms in total. The monoisotopic (exact) mass is 376 g/mol. The van der Waals surface area contributed by atoms with Gasteiger partial charge in [-0.15, -0.1) is 11.3 Å². The van der Waals surface area contributed by atoms with Crippen molar-refractivity contribution in [2.75, 3.05) is 14.2 Å². The second kappa shape index (κ2) is 6.10. The van der Waals surface area contributed by atoms with Gasteiger partial charge in [-0.2, -0.15) is 0 Å². The highest BCUT2D eigenvalue weighted by molar-refractivity contribution is 9.10. The van der Waals surface area contributed by atoms with E-state index in [4.69, 9.17) is 9.47 Å². The number of benzene rings is 2. The van der Waals surface area contributed by atoms with Gasteiger partial charge < -0.3 is 9.47 Å². The van der Waals surface area contributed by atoms with E-state index in [-0.39, 0.29) is 5.78 Å². The van der Waals surface area contributed by atoms with Crippen molar-refractivity contribution in [1.29, 1.82) is 0 Å². The van der Waals surface area contributed by atoms with Crippen LogP contribution in [-0.4, -0.2) is 20.0 Å². The third-order valence-electron chi connectivity index (χ3n) is 3.37. The van der Waals surface area contributed by atoms with Crippen LogP contribution in [0.2, 0.25) is 0 Å². The number of methoxy groups -OCH3 is 2. The Labute approximate surface area is 140 Å². The third-order valence-corrected chi connectivity index (χ3v) is 5.08. The predicted molar refractivity (Wildman–Crippen MR) is 92.5 cm³/mol. The van der Waals surface area contributed by atoms with Crippen molar-refractivity contribution in [1.82, 2.24) is 0 Å². The smallest absolute Gasteiger partial charge is 0.203 e. The summed E-state index contributed by atoms with van der Waals surface area (Å²) in [6.07, 6.45) is 0. The lowest BCUT2D eigenvalue weighted by molar-refractivity contribution is 0.104. The molecule has 2 aromatic carbocycles. The minimum Gasteiger partial charge on any atom is -0.497 e. The van der Waals surface area contributed by atoms with Gasteiger partial charge in [-0.05, 0) is 63.8 Å². The predicted octanol–water partition coefficient (Wildman–Crippen LogP) is 4.91. The Morgan fingerprint density at radius 3 is 2.55 bits per heavy atom. The largest absolute Gasteiger partial charge is 0.497 e. The summed E-state index contributed by atoms with van der Waals surface area (Å²) in [5, 5.41) is 1.04. The van der Waals surface area contributed by atoms with E-state index in [1.165, 1.54) is 11.3 Å². The molecule has 0 fully saturated rings. The molecule has 0 aliphatic carbocycles. The maximum absolute atomic E-state index is 12.6. The van der Waals surface area contributed by atoms with E-state index in [9.17, 15) is 4.79 Å². The average Bonchev–Trinajstić information content (AvgIpc) is 2.96. The zero-order valence-corrected chi connectivity index (χ0v) is 14.5. The number of ketones is 1. The number of carbonyl (C=O) groups is 1. The van der Waals surface area contributed by atoms with Gasteiger partial charge >= 0.3 is 0 Å². The fourth-order valence-electron chi connectivity index (χ4n) is 2.20. The normalized spacial score (nSPS) is 10.7. The molecular formula is C17H13BrO3S.